The molecule has 0 radical (unpaired) electrons. The third-order valence-electron chi connectivity index (χ3n) is 4.11. The summed E-state index contributed by atoms with van der Waals surface area (Å²) in [6.45, 7) is -0.589. The number of nitrogens with zero attached hydrogens (tertiary/aromatic N) is 2. The maximum Gasteiger partial charge on any atom is 0.387 e. The first kappa shape index (κ1) is 20.2. The lowest BCUT2D eigenvalue weighted by molar-refractivity contribution is -0.0512. The van der Waals surface area contributed by atoms with Gasteiger partial charge in [0.15, 0.2) is 11.5 Å². The zero-order chi connectivity index (χ0) is 20.8. The van der Waals surface area contributed by atoms with Gasteiger partial charge in [0, 0.05) is 30.1 Å². The van der Waals surface area contributed by atoms with Gasteiger partial charge in [-0.25, -0.2) is 9.97 Å². The third kappa shape index (κ3) is 5.28. The number of pyridine rings is 1. The number of ether oxygens (including phenoxy) is 2. The number of aryl methyl sites for hydroxylation is 1. The molecule has 0 fully saturated rings. The molecule has 7 nitrogen and oxygen atoms in total. The fourth-order valence-corrected chi connectivity index (χ4v) is 2.67. The first-order valence-corrected chi connectivity index (χ1v) is 8.90. The van der Waals surface area contributed by atoms with Crippen LogP contribution in [0.4, 0.5) is 14.6 Å². The van der Waals surface area contributed by atoms with Gasteiger partial charge in [-0.1, -0.05) is 13.0 Å². The highest BCUT2D eigenvalue weighted by Gasteiger charge is 2.11. The summed E-state index contributed by atoms with van der Waals surface area (Å²) < 4.78 is 34.3. The molecule has 3 aromatic rings. The van der Waals surface area contributed by atoms with E-state index in [0.717, 1.165) is 5.56 Å². The number of methoxy groups -OCH3 is 1. The number of rotatable bonds is 8. The molecule has 2 heterocycles. The van der Waals surface area contributed by atoms with Crippen LogP contribution in [0.15, 0.2) is 47.4 Å². The second-order valence-electron chi connectivity index (χ2n) is 6.09. The van der Waals surface area contributed by atoms with Crippen LogP contribution in [0, 0.1) is 0 Å². The molecular weight excluding hydrogens is 382 g/mol. The van der Waals surface area contributed by atoms with Crippen molar-refractivity contribution in [2.75, 3.05) is 12.4 Å². The number of aromatic amines is 1. The normalized spacial score (nSPS) is 10.8. The van der Waals surface area contributed by atoms with Crippen LogP contribution >= 0.6 is 0 Å². The number of benzene rings is 1. The standard InChI is InChI=1S/C20H20F2N4O3/c1-3-14-9-18(27)26-19(25-14)13-5-7-17(24-11-13)23-10-12-4-6-15(29-20(21)22)16(8-12)28-2/h4-9,11,20H,3,10H2,1-2H3,(H,23,24)(H,25,26,27). The van der Waals surface area contributed by atoms with Crippen molar-refractivity contribution in [1.29, 1.82) is 0 Å². The van der Waals surface area contributed by atoms with Gasteiger partial charge in [-0.3, -0.25) is 4.79 Å². The van der Waals surface area contributed by atoms with E-state index in [0.29, 0.717) is 35.9 Å². The lowest BCUT2D eigenvalue weighted by Crippen LogP contribution is -2.10. The molecule has 29 heavy (non-hydrogen) atoms. The molecule has 2 aromatic heterocycles. The highest BCUT2D eigenvalue weighted by molar-refractivity contribution is 5.56. The van der Waals surface area contributed by atoms with E-state index >= 15 is 0 Å². The van der Waals surface area contributed by atoms with E-state index in [4.69, 9.17) is 4.74 Å². The summed E-state index contributed by atoms with van der Waals surface area (Å²) in [5.41, 5.74) is 2.00. The maximum absolute atomic E-state index is 12.4. The highest BCUT2D eigenvalue weighted by atomic mass is 19.3. The zero-order valence-electron chi connectivity index (χ0n) is 15.9. The minimum atomic E-state index is -2.92. The Kier molecular flexibility index (Phi) is 6.38. The Bertz CT molecular complexity index is 1020. The van der Waals surface area contributed by atoms with Crippen LogP contribution in [0.25, 0.3) is 11.4 Å². The molecule has 1 aromatic carbocycles. The van der Waals surface area contributed by atoms with E-state index in [1.807, 2.05) is 6.92 Å². The molecule has 9 heteroatoms. The van der Waals surface area contributed by atoms with Gasteiger partial charge in [-0.15, -0.1) is 0 Å². The average Bonchev–Trinajstić information content (AvgIpc) is 2.72. The van der Waals surface area contributed by atoms with E-state index in [9.17, 15) is 13.6 Å². The van der Waals surface area contributed by atoms with Crippen molar-refractivity contribution in [3.63, 3.8) is 0 Å². The van der Waals surface area contributed by atoms with Gasteiger partial charge in [-0.2, -0.15) is 8.78 Å². The average molecular weight is 402 g/mol. The quantitative estimate of drug-likeness (QED) is 0.598. The highest BCUT2D eigenvalue weighted by Crippen LogP contribution is 2.29. The fourth-order valence-electron chi connectivity index (χ4n) is 2.67. The summed E-state index contributed by atoms with van der Waals surface area (Å²) in [4.78, 5) is 23.1. The molecule has 3 rings (SSSR count). The topological polar surface area (TPSA) is 89.1 Å². The summed E-state index contributed by atoms with van der Waals surface area (Å²) in [6, 6.07) is 9.74. The molecule has 0 aliphatic heterocycles. The second kappa shape index (κ2) is 9.13. The minimum Gasteiger partial charge on any atom is -0.493 e. The first-order valence-electron chi connectivity index (χ1n) is 8.90. The van der Waals surface area contributed by atoms with Crippen LogP contribution in [0.1, 0.15) is 18.2 Å². The predicted octanol–water partition coefficient (Wildman–Crippen LogP) is 3.62. The zero-order valence-corrected chi connectivity index (χ0v) is 15.9. The molecule has 2 N–H and O–H groups in total. The summed E-state index contributed by atoms with van der Waals surface area (Å²) >= 11 is 0. The molecule has 0 saturated heterocycles. The van der Waals surface area contributed by atoms with Gasteiger partial charge in [-0.05, 0) is 36.2 Å². The van der Waals surface area contributed by atoms with E-state index in [2.05, 4.69) is 25.0 Å². The molecule has 0 aliphatic carbocycles. The van der Waals surface area contributed by atoms with E-state index < -0.39 is 6.61 Å². The lowest BCUT2D eigenvalue weighted by atomic mass is 10.2. The van der Waals surface area contributed by atoms with Gasteiger partial charge in [0.1, 0.15) is 11.6 Å². The molecule has 0 unspecified atom stereocenters. The second-order valence-corrected chi connectivity index (χ2v) is 6.09. The van der Waals surface area contributed by atoms with Crippen molar-refractivity contribution in [3.05, 3.63) is 64.2 Å². The minimum absolute atomic E-state index is 0.0236. The van der Waals surface area contributed by atoms with Crippen molar-refractivity contribution in [1.82, 2.24) is 15.0 Å². The Morgan fingerprint density at radius 2 is 2.00 bits per heavy atom. The van der Waals surface area contributed by atoms with Crippen LogP contribution in [0.2, 0.25) is 0 Å². The van der Waals surface area contributed by atoms with Crippen LogP contribution in [0.5, 0.6) is 11.5 Å². The van der Waals surface area contributed by atoms with Crippen molar-refractivity contribution >= 4 is 5.82 Å². The third-order valence-corrected chi connectivity index (χ3v) is 4.11. The number of hydrogen-bond acceptors (Lipinski definition) is 6. The van der Waals surface area contributed by atoms with Gasteiger partial charge in [0.05, 0.1) is 7.11 Å². The summed E-state index contributed by atoms with van der Waals surface area (Å²) in [7, 11) is 1.39. The number of nitrogens with one attached hydrogen (secondary N) is 2. The van der Waals surface area contributed by atoms with Gasteiger partial charge in [0.2, 0.25) is 0 Å². The molecule has 0 spiro atoms. The van der Waals surface area contributed by atoms with Gasteiger partial charge in [0.25, 0.3) is 5.56 Å². The lowest BCUT2D eigenvalue weighted by Gasteiger charge is -2.12. The molecule has 152 valence electrons. The Morgan fingerprint density at radius 1 is 1.17 bits per heavy atom. The van der Waals surface area contributed by atoms with E-state index in [1.54, 1.807) is 30.5 Å². The smallest absolute Gasteiger partial charge is 0.387 e. The van der Waals surface area contributed by atoms with Crippen LogP contribution in [0.3, 0.4) is 0 Å². The molecule has 0 bridgehead atoms. The van der Waals surface area contributed by atoms with Crippen LogP contribution in [-0.2, 0) is 13.0 Å². The van der Waals surface area contributed by atoms with Gasteiger partial charge >= 0.3 is 6.61 Å². The molecule has 0 aliphatic rings. The van der Waals surface area contributed by atoms with Crippen molar-refractivity contribution < 1.29 is 18.3 Å². The number of aromatic nitrogens is 3. The molecular formula is C20H20F2N4O3. The number of hydrogen-bond donors (Lipinski definition) is 2. The van der Waals surface area contributed by atoms with E-state index in [-0.39, 0.29) is 17.1 Å². The summed E-state index contributed by atoms with van der Waals surface area (Å²) in [5, 5.41) is 3.14. The Labute approximate surface area is 165 Å². The Morgan fingerprint density at radius 3 is 2.66 bits per heavy atom. The number of H-pyrrole nitrogens is 1. The number of anilines is 1. The van der Waals surface area contributed by atoms with Crippen LogP contribution < -0.4 is 20.3 Å². The van der Waals surface area contributed by atoms with Crippen molar-refractivity contribution in [2.24, 2.45) is 0 Å². The number of alkyl halides is 2. The monoisotopic (exact) mass is 402 g/mol. The molecule has 0 saturated carbocycles. The maximum atomic E-state index is 12.4. The van der Waals surface area contributed by atoms with Crippen molar-refractivity contribution in [2.45, 2.75) is 26.5 Å². The fraction of sp³-hybridized carbons (Fsp3) is 0.250. The summed E-state index contributed by atoms with van der Waals surface area (Å²) in [5.74, 6) is 1.27. The van der Waals surface area contributed by atoms with Crippen LogP contribution in [-0.4, -0.2) is 28.7 Å². The van der Waals surface area contributed by atoms with E-state index in [1.165, 1.54) is 19.2 Å². The predicted molar refractivity (Wildman–Crippen MR) is 104 cm³/mol. The molecule has 0 amide bonds. The van der Waals surface area contributed by atoms with Gasteiger partial charge < -0.3 is 19.8 Å². The largest absolute Gasteiger partial charge is 0.493 e. The van der Waals surface area contributed by atoms with Crippen molar-refractivity contribution in [3.8, 4) is 22.9 Å². The SMILES string of the molecule is CCc1cc(=O)[nH]c(-c2ccc(NCc3ccc(OC(F)F)c(OC)c3)nc2)n1. The number of halogens is 2. The summed E-state index contributed by atoms with van der Waals surface area (Å²) in [6.07, 6.45) is 2.27. The Balaban J connectivity index is 1.69. The Hall–Kier alpha value is -3.49. The first-order chi connectivity index (χ1) is 14.0. The molecule has 0 atom stereocenters.